The normalized spacial score (nSPS) is 15.6. The van der Waals surface area contributed by atoms with Crippen LogP contribution in [0.5, 0.6) is 0 Å². The molecule has 1 saturated carbocycles. The second-order valence-corrected chi connectivity index (χ2v) is 8.81. The molecule has 1 aliphatic heterocycles. The Morgan fingerprint density at radius 1 is 1.24 bits per heavy atom. The summed E-state index contributed by atoms with van der Waals surface area (Å²) in [5.41, 5.74) is 10.4. The van der Waals surface area contributed by atoms with Crippen molar-refractivity contribution in [2.75, 3.05) is 17.5 Å². The Bertz CT molecular complexity index is 1350. The van der Waals surface area contributed by atoms with Crippen LogP contribution in [0.15, 0.2) is 65.6 Å². The topological polar surface area (TPSA) is 103 Å². The second-order valence-electron chi connectivity index (χ2n) is 8.81. The molecular formula is C26H27F2N9. The zero-order valence-electron chi connectivity index (χ0n) is 20.3. The first kappa shape index (κ1) is 24.4. The Morgan fingerprint density at radius 2 is 2.11 bits per heavy atom. The molecule has 1 atom stereocenters. The van der Waals surface area contributed by atoms with Crippen LogP contribution in [-0.4, -0.2) is 40.1 Å². The molecule has 4 heterocycles. The third-order valence-electron chi connectivity index (χ3n) is 6.07. The molecule has 3 aromatic rings. The van der Waals surface area contributed by atoms with E-state index in [-0.39, 0.29) is 11.9 Å². The lowest BCUT2D eigenvalue weighted by atomic mass is 10.1. The number of hydrazine groups is 2. The quantitative estimate of drug-likeness (QED) is 0.272. The molecule has 0 saturated heterocycles. The van der Waals surface area contributed by atoms with Gasteiger partial charge in [0.15, 0.2) is 17.5 Å². The molecule has 1 unspecified atom stereocenters. The number of hydrogen-bond donors (Lipinski definition) is 3. The summed E-state index contributed by atoms with van der Waals surface area (Å²) in [6.45, 7) is 3.99. The molecule has 1 aliphatic carbocycles. The number of fused-ring (bicyclic) bond motifs is 1. The Balaban J connectivity index is 1.46. The van der Waals surface area contributed by atoms with Gasteiger partial charge in [0.25, 0.3) is 0 Å². The number of nitrogens with one attached hydrogen (secondary N) is 3. The monoisotopic (exact) mass is 503 g/mol. The first-order valence-corrected chi connectivity index (χ1v) is 12.0. The lowest BCUT2D eigenvalue weighted by molar-refractivity contribution is 0.511. The van der Waals surface area contributed by atoms with Crippen LogP contribution in [-0.2, 0) is 0 Å². The molecular weight excluding hydrogens is 476 g/mol. The Hall–Kier alpha value is -4.25. The fraction of sp³-hybridized carbons (Fsp3) is 0.269. The van der Waals surface area contributed by atoms with Crippen LogP contribution in [0.25, 0.3) is 0 Å². The molecule has 0 amide bonds. The van der Waals surface area contributed by atoms with Gasteiger partial charge in [0, 0.05) is 42.7 Å². The highest BCUT2D eigenvalue weighted by Crippen LogP contribution is 2.47. The maximum Gasteiger partial charge on any atom is 0.168 e. The fourth-order valence-electron chi connectivity index (χ4n) is 4.07. The van der Waals surface area contributed by atoms with Gasteiger partial charge in [0.05, 0.1) is 12.4 Å². The van der Waals surface area contributed by atoms with E-state index < -0.39 is 11.6 Å². The number of halogens is 2. The number of hydrogen-bond acceptors (Lipinski definition) is 9. The SMILES string of the molecule is C=CC(CCC=NC)NN1NC(c2ccnc(Nc3ncc(F)cc3F)c2)=Nc2cncc(C3CC3)c21. The summed E-state index contributed by atoms with van der Waals surface area (Å²) in [4.78, 5) is 21.4. The Labute approximate surface area is 213 Å². The van der Waals surface area contributed by atoms with Gasteiger partial charge in [0.1, 0.15) is 23.0 Å². The van der Waals surface area contributed by atoms with Crippen molar-refractivity contribution in [2.24, 2.45) is 9.98 Å². The molecule has 3 N–H and O–H groups in total. The summed E-state index contributed by atoms with van der Waals surface area (Å²) in [5, 5.41) is 4.68. The molecule has 5 rings (SSSR count). The maximum absolute atomic E-state index is 14.1. The predicted octanol–water partition coefficient (Wildman–Crippen LogP) is 4.71. The van der Waals surface area contributed by atoms with E-state index in [0.717, 1.165) is 54.9 Å². The Morgan fingerprint density at radius 3 is 2.86 bits per heavy atom. The van der Waals surface area contributed by atoms with Crippen LogP contribution in [0.2, 0.25) is 0 Å². The van der Waals surface area contributed by atoms with Gasteiger partial charge >= 0.3 is 0 Å². The highest BCUT2D eigenvalue weighted by atomic mass is 19.1. The van der Waals surface area contributed by atoms with Crippen molar-refractivity contribution >= 4 is 35.1 Å². The molecule has 3 aromatic heterocycles. The minimum Gasteiger partial charge on any atom is -0.322 e. The van der Waals surface area contributed by atoms with Crippen molar-refractivity contribution in [3.05, 3.63) is 78.4 Å². The van der Waals surface area contributed by atoms with Gasteiger partial charge in [-0.25, -0.2) is 34.3 Å². The summed E-state index contributed by atoms with van der Waals surface area (Å²) < 4.78 is 27.4. The van der Waals surface area contributed by atoms with E-state index in [1.807, 2.05) is 23.6 Å². The zero-order chi connectivity index (χ0) is 25.8. The van der Waals surface area contributed by atoms with Crippen molar-refractivity contribution in [3.8, 4) is 0 Å². The van der Waals surface area contributed by atoms with Crippen LogP contribution in [0.3, 0.4) is 0 Å². The third kappa shape index (κ3) is 5.61. The zero-order valence-corrected chi connectivity index (χ0v) is 20.3. The summed E-state index contributed by atoms with van der Waals surface area (Å²) in [7, 11) is 1.76. The highest BCUT2D eigenvalue weighted by Gasteiger charge is 2.33. The van der Waals surface area contributed by atoms with Crippen molar-refractivity contribution in [1.82, 2.24) is 25.8 Å². The van der Waals surface area contributed by atoms with Crippen LogP contribution in [0.4, 0.5) is 31.8 Å². The summed E-state index contributed by atoms with van der Waals surface area (Å²) in [6.07, 6.45) is 13.8. The predicted molar refractivity (Wildman–Crippen MR) is 140 cm³/mol. The molecule has 0 spiro atoms. The van der Waals surface area contributed by atoms with Crippen molar-refractivity contribution in [2.45, 2.75) is 37.6 Å². The van der Waals surface area contributed by atoms with Crippen molar-refractivity contribution in [1.29, 1.82) is 0 Å². The minimum absolute atomic E-state index is 0.0277. The smallest absolute Gasteiger partial charge is 0.168 e. The largest absolute Gasteiger partial charge is 0.322 e. The first-order valence-electron chi connectivity index (χ1n) is 12.0. The van der Waals surface area contributed by atoms with Crippen molar-refractivity contribution < 1.29 is 8.78 Å². The molecule has 11 heteroatoms. The van der Waals surface area contributed by atoms with E-state index in [2.05, 4.69) is 42.7 Å². The van der Waals surface area contributed by atoms with E-state index in [4.69, 9.17) is 4.99 Å². The second kappa shape index (κ2) is 10.8. The Kier molecular flexibility index (Phi) is 7.13. The summed E-state index contributed by atoms with van der Waals surface area (Å²) >= 11 is 0. The van der Waals surface area contributed by atoms with Crippen LogP contribution in [0.1, 0.15) is 42.7 Å². The highest BCUT2D eigenvalue weighted by molar-refractivity contribution is 6.04. The molecule has 9 nitrogen and oxygen atoms in total. The summed E-state index contributed by atoms with van der Waals surface area (Å²) in [6, 6.07) is 4.23. The summed E-state index contributed by atoms with van der Waals surface area (Å²) in [5.74, 6) is -0.359. The first-order chi connectivity index (χ1) is 18.1. The lowest BCUT2D eigenvalue weighted by Crippen LogP contribution is -2.56. The third-order valence-corrected chi connectivity index (χ3v) is 6.07. The van der Waals surface area contributed by atoms with E-state index in [1.54, 1.807) is 31.6 Å². The molecule has 37 heavy (non-hydrogen) atoms. The van der Waals surface area contributed by atoms with E-state index in [0.29, 0.717) is 23.1 Å². The lowest BCUT2D eigenvalue weighted by Gasteiger charge is -2.35. The average Bonchev–Trinajstić information content (AvgIpc) is 3.75. The number of pyridine rings is 3. The molecule has 2 aliphatic rings. The standard InChI is InChI=1S/C26H27F2N9/c1-3-19(5-4-9-29-2)35-37-24-20(16-6-7-16)14-30-15-22(24)33-25(36-37)17-8-10-31-23(11-17)34-26-21(28)12-18(27)13-32-26/h3,8-16,19,35H,1,4-7H2,2H3,(H,33,36)(H,31,32,34). The minimum atomic E-state index is -0.813. The van der Waals surface area contributed by atoms with E-state index >= 15 is 0 Å². The van der Waals surface area contributed by atoms with Crippen molar-refractivity contribution in [3.63, 3.8) is 0 Å². The average molecular weight is 504 g/mol. The number of nitrogens with zero attached hydrogens (tertiary/aromatic N) is 6. The van der Waals surface area contributed by atoms with E-state index in [9.17, 15) is 8.78 Å². The molecule has 0 bridgehead atoms. The fourth-order valence-corrected chi connectivity index (χ4v) is 4.07. The van der Waals surface area contributed by atoms with Gasteiger partial charge in [-0.2, -0.15) is 0 Å². The molecule has 0 aromatic carbocycles. The van der Waals surface area contributed by atoms with Gasteiger partial charge in [-0.05, 0) is 49.9 Å². The molecule has 1 fully saturated rings. The van der Waals surface area contributed by atoms with Gasteiger partial charge in [0.2, 0.25) is 0 Å². The number of amidine groups is 1. The van der Waals surface area contributed by atoms with Crippen LogP contribution in [0, 0.1) is 11.6 Å². The van der Waals surface area contributed by atoms with Gasteiger partial charge in [-0.3, -0.25) is 10.4 Å². The van der Waals surface area contributed by atoms with E-state index in [1.165, 1.54) is 0 Å². The number of aliphatic imine (C=N–C) groups is 2. The van der Waals surface area contributed by atoms with Crippen LogP contribution >= 0.6 is 0 Å². The van der Waals surface area contributed by atoms with Gasteiger partial charge < -0.3 is 10.3 Å². The number of rotatable bonds is 10. The van der Waals surface area contributed by atoms with Crippen LogP contribution < -0.4 is 21.3 Å². The molecule has 190 valence electrons. The number of anilines is 3. The van der Waals surface area contributed by atoms with Gasteiger partial charge in [-0.15, -0.1) is 6.58 Å². The number of aromatic nitrogens is 3. The van der Waals surface area contributed by atoms with Gasteiger partial charge in [-0.1, -0.05) is 6.08 Å². The molecule has 0 radical (unpaired) electrons. The maximum atomic E-state index is 14.1.